The van der Waals surface area contributed by atoms with Gasteiger partial charge in [0.05, 0.1) is 10.7 Å². The number of anilines is 1. The first-order valence-electron chi connectivity index (χ1n) is 6.08. The number of halogens is 2. The van der Waals surface area contributed by atoms with Gasteiger partial charge in [-0.2, -0.15) is 5.10 Å². The van der Waals surface area contributed by atoms with Crippen molar-refractivity contribution >= 4 is 34.8 Å². The molecule has 0 bridgehead atoms. The molecule has 0 fully saturated rings. The van der Waals surface area contributed by atoms with Crippen LogP contribution >= 0.6 is 23.2 Å². The Morgan fingerprint density at radius 2 is 2.00 bits per heavy atom. The third-order valence-electron chi connectivity index (χ3n) is 2.71. The van der Waals surface area contributed by atoms with E-state index in [2.05, 4.69) is 25.6 Å². The first-order chi connectivity index (χ1) is 10.6. The molecule has 0 atom stereocenters. The molecule has 0 spiro atoms. The van der Waals surface area contributed by atoms with E-state index in [9.17, 15) is 4.79 Å². The van der Waals surface area contributed by atoms with Crippen LogP contribution in [0.2, 0.25) is 10.0 Å². The average molecular weight is 335 g/mol. The molecule has 0 aliphatic carbocycles. The predicted molar refractivity (Wildman–Crippen MR) is 81.4 cm³/mol. The zero-order chi connectivity index (χ0) is 15.5. The molecule has 22 heavy (non-hydrogen) atoms. The van der Waals surface area contributed by atoms with E-state index in [-0.39, 0.29) is 5.69 Å². The summed E-state index contributed by atoms with van der Waals surface area (Å²) in [6.07, 6.45) is 2.86. The Kier molecular flexibility index (Phi) is 3.99. The second kappa shape index (κ2) is 6.08. The van der Waals surface area contributed by atoms with E-state index in [1.165, 1.54) is 23.4 Å². The Labute approximate surface area is 134 Å². The molecule has 0 aliphatic heterocycles. The first-order valence-corrected chi connectivity index (χ1v) is 6.84. The summed E-state index contributed by atoms with van der Waals surface area (Å²) >= 11 is 11.9. The summed E-state index contributed by atoms with van der Waals surface area (Å²) < 4.78 is 1.43. The summed E-state index contributed by atoms with van der Waals surface area (Å²) in [5.41, 5.74) is 0.543. The van der Waals surface area contributed by atoms with Crippen LogP contribution in [0.25, 0.3) is 5.82 Å². The van der Waals surface area contributed by atoms with Crippen molar-refractivity contribution in [2.75, 3.05) is 5.32 Å². The molecule has 1 amide bonds. The van der Waals surface area contributed by atoms with Gasteiger partial charge in [0.2, 0.25) is 0 Å². The number of carbonyl (C=O) groups excluding carboxylic acids is 1. The smallest absolute Gasteiger partial charge is 0.276 e. The highest BCUT2D eigenvalue weighted by Gasteiger charge is 2.11. The highest BCUT2D eigenvalue weighted by atomic mass is 35.5. The van der Waals surface area contributed by atoms with Crippen LogP contribution < -0.4 is 5.32 Å². The van der Waals surface area contributed by atoms with Crippen molar-refractivity contribution in [1.82, 2.24) is 25.0 Å². The maximum absolute atomic E-state index is 12.1. The molecule has 3 rings (SSSR count). The molecule has 110 valence electrons. The number of rotatable bonds is 3. The standard InChI is InChI=1S/C13H8Cl2N6O/c14-8-1-2-9(15)11(5-8)18-13(22)10-3-4-12(20-19-10)21-7-16-6-17-21/h1-7H,(H,18,22). The molecule has 9 heteroatoms. The Morgan fingerprint density at radius 3 is 2.68 bits per heavy atom. The third-order valence-corrected chi connectivity index (χ3v) is 3.28. The maximum Gasteiger partial charge on any atom is 0.276 e. The van der Waals surface area contributed by atoms with Gasteiger partial charge in [-0.1, -0.05) is 23.2 Å². The summed E-state index contributed by atoms with van der Waals surface area (Å²) in [6.45, 7) is 0. The third kappa shape index (κ3) is 3.05. The minimum absolute atomic E-state index is 0.139. The molecule has 0 radical (unpaired) electrons. The van der Waals surface area contributed by atoms with Crippen molar-refractivity contribution in [2.24, 2.45) is 0 Å². The molecule has 0 aliphatic rings. The van der Waals surface area contributed by atoms with Crippen molar-refractivity contribution in [2.45, 2.75) is 0 Å². The van der Waals surface area contributed by atoms with Crippen LogP contribution in [0, 0.1) is 0 Å². The fourth-order valence-corrected chi connectivity index (χ4v) is 2.01. The number of nitrogens with zero attached hydrogens (tertiary/aromatic N) is 5. The number of amides is 1. The molecule has 0 saturated carbocycles. The molecule has 1 aromatic carbocycles. The number of carbonyl (C=O) groups is 1. The molecule has 3 aromatic rings. The van der Waals surface area contributed by atoms with E-state index in [1.807, 2.05) is 0 Å². The fraction of sp³-hybridized carbons (Fsp3) is 0. The lowest BCUT2D eigenvalue weighted by molar-refractivity contribution is 0.102. The normalized spacial score (nSPS) is 10.5. The van der Waals surface area contributed by atoms with E-state index >= 15 is 0 Å². The van der Waals surface area contributed by atoms with Crippen LogP contribution in [0.4, 0.5) is 5.69 Å². The highest BCUT2D eigenvalue weighted by molar-refractivity contribution is 6.35. The maximum atomic E-state index is 12.1. The van der Waals surface area contributed by atoms with Crippen LogP contribution in [0.5, 0.6) is 0 Å². The molecule has 2 aromatic heterocycles. The van der Waals surface area contributed by atoms with Gasteiger partial charge >= 0.3 is 0 Å². The molecular formula is C13H8Cl2N6O. The van der Waals surface area contributed by atoms with Gasteiger partial charge in [0.15, 0.2) is 11.5 Å². The Morgan fingerprint density at radius 1 is 1.14 bits per heavy atom. The minimum Gasteiger partial charge on any atom is -0.319 e. The summed E-state index contributed by atoms with van der Waals surface area (Å²) in [7, 11) is 0. The Balaban J connectivity index is 1.79. The molecule has 2 heterocycles. The highest BCUT2D eigenvalue weighted by Crippen LogP contribution is 2.25. The van der Waals surface area contributed by atoms with Crippen molar-refractivity contribution in [3.8, 4) is 5.82 Å². The van der Waals surface area contributed by atoms with Crippen molar-refractivity contribution in [1.29, 1.82) is 0 Å². The quantitative estimate of drug-likeness (QED) is 0.795. The van der Waals surface area contributed by atoms with Crippen LogP contribution in [-0.2, 0) is 0 Å². The molecule has 1 N–H and O–H groups in total. The average Bonchev–Trinajstić information content (AvgIpc) is 3.05. The van der Waals surface area contributed by atoms with E-state index in [0.717, 1.165) is 0 Å². The number of aromatic nitrogens is 5. The van der Waals surface area contributed by atoms with Gasteiger partial charge in [0.25, 0.3) is 5.91 Å². The van der Waals surface area contributed by atoms with Crippen LogP contribution in [0.1, 0.15) is 10.5 Å². The second-order valence-corrected chi connectivity index (χ2v) is 5.04. The Hall–Kier alpha value is -2.51. The fourth-order valence-electron chi connectivity index (χ4n) is 1.67. The summed E-state index contributed by atoms with van der Waals surface area (Å²) in [5, 5.41) is 15.2. The largest absolute Gasteiger partial charge is 0.319 e. The van der Waals surface area contributed by atoms with Gasteiger partial charge < -0.3 is 5.32 Å². The van der Waals surface area contributed by atoms with Crippen molar-refractivity contribution < 1.29 is 4.79 Å². The molecule has 0 unspecified atom stereocenters. The summed E-state index contributed by atoms with van der Waals surface area (Å²) in [6, 6.07) is 7.91. The van der Waals surface area contributed by atoms with Gasteiger partial charge in [-0.25, -0.2) is 9.67 Å². The second-order valence-electron chi connectivity index (χ2n) is 4.20. The van der Waals surface area contributed by atoms with Crippen molar-refractivity contribution in [3.63, 3.8) is 0 Å². The zero-order valence-electron chi connectivity index (χ0n) is 10.9. The Bertz CT molecular complexity index is 804. The van der Waals surface area contributed by atoms with Gasteiger partial charge in [0.1, 0.15) is 12.7 Å². The minimum atomic E-state index is -0.443. The topological polar surface area (TPSA) is 85.6 Å². The number of hydrogen-bond donors (Lipinski definition) is 1. The monoisotopic (exact) mass is 334 g/mol. The summed E-state index contributed by atoms with van der Waals surface area (Å²) in [5.74, 6) is 0.0108. The number of benzene rings is 1. The lowest BCUT2D eigenvalue weighted by Gasteiger charge is -2.07. The number of hydrogen-bond acceptors (Lipinski definition) is 5. The first kappa shape index (κ1) is 14.4. The van der Waals surface area contributed by atoms with E-state index < -0.39 is 5.91 Å². The van der Waals surface area contributed by atoms with Gasteiger partial charge in [-0.3, -0.25) is 4.79 Å². The lowest BCUT2D eigenvalue weighted by Crippen LogP contribution is -2.15. The van der Waals surface area contributed by atoms with E-state index in [4.69, 9.17) is 23.2 Å². The van der Waals surface area contributed by atoms with Gasteiger partial charge in [0, 0.05) is 5.02 Å². The molecule has 7 nitrogen and oxygen atoms in total. The molecular weight excluding hydrogens is 327 g/mol. The van der Waals surface area contributed by atoms with Crippen LogP contribution in [0.3, 0.4) is 0 Å². The van der Waals surface area contributed by atoms with Gasteiger partial charge in [-0.05, 0) is 30.3 Å². The van der Waals surface area contributed by atoms with E-state index in [0.29, 0.717) is 21.6 Å². The summed E-state index contributed by atoms with van der Waals surface area (Å²) in [4.78, 5) is 15.9. The van der Waals surface area contributed by atoms with Crippen molar-refractivity contribution in [3.05, 3.63) is 58.7 Å². The van der Waals surface area contributed by atoms with Gasteiger partial charge in [-0.15, -0.1) is 10.2 Å². The zero-order valence-corrected chi connectivity index (χ0v) is 12.5. The molecule has 0 saturated heterocycles. The SMILES string of the molecule is O=C(Nc1cc(Cl)ccc1Cl)c1ccc(-n2cncn2)nn1. The lowest BCUT2D eigenvalue weighted by atomic mass is 10.3. The van der Waals surface area contributed by atoms with E-state index in [1.54, 1.807) is 24.3 Å². The number of nitrogens with one attached hydrogen (secondary N) is 1. The van der Waals surface area contributed by atoms with Crippen LogP contribution in [0.15, 0.2) is 43.0 Å². The van der Waals surface area contributed by atoms with Crippen LogP contribution in [-0.4, -0.2) is 30.9 Å². The predicted octanol–water partition coefficient (Wildman–Crippen LogP) is 2.62.